The monoisotopic (exact) mass is 348 g/mol. The molecule has 0 spiro atoms. The zero-order valence-electron chi connectivity index (χ0n) is 14.2. The van der Waals surface area contributed by atoms with Crippen LogP contribution in [0.15, 0.2) is 78.9 Å². The van der Waals surface area contributed by atoms with Crippen LogP contribution in [-0.4, -0.2) is 10.0 Å². The van der Waals surface area contributed by atoms with E-state index in [0.29, 0.717) is 6.54 Å². The number of nitrogens with one attached hydrogen (secondary N) is 1. The van der Waals surface area contributed by atoms with E-state index in [-0.39, 0.29) is 23.3 Å². The number of hydrogen-bond donors (Lipinski definition) is 2. The van der Waals surface area contributed by atoms with Crippen molar-refractivity contribution in [2.24, 2.45) is 0 Å². The van der Waals surface area contributed by atoms with Gasteiger partial charge in [-0.1, -0.05) is 66.7 Å². The normalized spacial score (nSPS) is 11.9. The molecule has 0 aliphatic heterocycles. The molecule has 0 amide bonds. The summed E-state index contributed by atoms with van der Waals surface area (Å²) in [7, 11) is 0. The van der Waals surface area contributed by atoms with Gasteiger partial charge in [-0.05, 0) is 22.3 Å². The van der Waals surface area contributed by atoms with Crippen LogP contribution < -0.4 is 5.32 Å². The molecule has 132 valence electrons. The van der Waals surface area contributed by atoms with Crippen molar-refractivity contribution in [2.75, 3.05) is 0 Å². The Hall–Kier alpha value is -3.02. The second-order valence-electron chi connectivity index (χ2n) is 6.00. The minimum atomic E-state index is -0.382. The van der Waals surface area contributed by atoms with E-state index in [9.17, 15) is 15.2 Å². The quantitative estimate of drug-likeness (QED) is 0.500. The summed E-state index contributed by atoms with van der Waals surface area (Å²) in [5.74, 6) is 0. The highest BCUT2D eigenvalue weighted by Gasteiger charge is 2.17. The zero-order valence-corrected chi connectivity index (χ0v) is 14.2. The molecule has 5 nitrogen and oxygen atoms in total. The molecule has 0 aliphatic carbocycles. The molecule has 1 atom stereocenters. The van der Waals surface area contributed by atoms with E-state index in [1.807, 2.05) is 60.7 Å². The number of aliphatic hydroxyl groups excluding tert-OH is 1. The second kappa shape index (κ2) is 8.38. The number of nitro groups is 1. The molecule has 0 aromatic heterocycles. The predicted octanol–water partition coefficient (Wildman–Crippen LogP) is 3.97. The predicted molar refractivity (Wildman–Crippen MR) is 101 cm³/mol. The molecule has 0 fully saturated rings. The van der Waals surface area contributed by atoms with Gasteiger partial charge in [-0.3, -0.25) is 10.1 Å². The number of nitrogens with zero attached hydrogens (tertiary/aromatic N) is 1. The number of non-ortho nitro benzene ring substituents is 1. The van der Waals surface area contributed by atoms with Crippen molar-refractivity contribution < 1.29 is 10.0 Å². The maximum atomic E-state index is 11.1. The molecule has 3 aromatic carbocycles. The number of hydrogen-bond acceptors (Lipinski definition) is 4. The summed E-state index contributed by atoms with van der Waals surface area (Å²) < 4.78 is 0. The van der Waals surface area contributed by atoms with Gasteiger partial charge in [-0.2, -0.15) is 0 Å². The van der Waals surface area contributed by atoms with E-state index in [1.54, 1.807) is 12.1 Å². The van der Waals surface area contributed by atoms with E-state index in [1.165, 1.54) is 6.07 Å². The maximum Gasteiger partial charge on any atom is 0.269 e. The fourth-order valence-corrected chi connectivity index (χ4v) is 2.99. The van der Waals surface area contributed by atoms with Gasteiger partial charge < -0.3 is 10.4 Å². The molecule has 1 unspecified atom stereocenters. The Kier molecular flexibility index (Phi) is 5.73. The van der Waals surface area contributed by atoms with Gasteiger partial charge in [0.25, 0.3) is 5.69 Å². The summed E-state index contributed by atoms with van der Waals surface area (Å²) in [6.45, 7) is 0.518. The van der Waals surface area contributed by atoms with Crippen molar-refractivity contribution in [1.82, 2.24) is 5.32 Å². The minimum absolute atomic E-state index is 0.0231. The third kappa shape index (κ3) is 4.14. The third-order valence-corrected chi connectivity index (χ3v) is 4.33. The Morgan fingerprint density at radius 1 is 0.885 bits per heavy atom. The molecule has 0 heterocycles. The first kappa shape index (κ1) is 17.8. The van der Waals surface area contributed by atoms with E-state index in [0.717, 1.165) is 22.3 Å². The average molecular weight is 348 g/mol. The lowest BCUT2D eigenvalue weighted by Gasteiger charge is -2.20. The molecule has 5 heteroatoms. The van der Waals surface area contributed by atoms with Crippen LogP contribution in [0.2, 0.25) is 0 Å². The number of rotatable bonds is 7. The standard InChI is InChI=1S/C21H20N2O3/c24-15-19-10-5-4-9-18(19)14-22-21(16-7-2-1-3-8-16)17-11-6-12-20(13-17)23(25)26/h1-13,21-22,24H,14-15H2. The van der Waals surface area contributed by atoms with Crippen LogP contribution in [0.25, 0.3) is 0 Å². The van der Waals surface area contributed by atoms with Gasteiger partial charge in [0.2, 0.25) is 0 Å². The van der Waals surface area contributed by atoms with Crippen molar-refractivity contribution in [2.45, 2.75) is 19.2 Å². The average Bonchev–Trinajstić information content (AvgIpc) is 2.69. The fraction of sp³-hybridized carbons (Fsp3) is 0.143. The first-order chi connectivity index (χ1) is 12.7. The first-order valence-corrected chi connectivity index (χ1v) is 8.39. The second-order valence-corrected chi connectivity index (χ2v) is 6.00. The molecular weight excluding hydrogens is 328 g/mol. The third-order valence-electron chi connectivity index (χ3n) is 4.33. The SMILES string of the molecule is O=[N+]([O-])c1cccc(C(NCc2ccccc2CO)c2ccccc2)c1. The van der Waals surface area contributed by atoms with Crippen LogP contribution >= 0.6 is 0 Å². The summed E-state index contributed by atoms with van der Waals surface area (Å²) in [6.07, 6.45) is 0. The van der Waals surface area contributed by atoms with Crippen LogP contribution in [0.3, 0.4) is 0 Å². The molecule has 0 saturated carbocycles. The van der Waals surface area contributed by atoms with E-state index >= 15 is 0 Å². The fourth-order valence-electron chi connectivity index (χ4n) is 2.99. The van der Waals surface area contributed by atoms with Crippen molar-refractivity contribution >= 4 is 5.69 Å². The summed E-state index contributed by atoms with van der Waals surface area (Å²) in [5, 5.41) is 24.1. The molecule has 0 saturated heterocycles. The van der Waals surface area contributed by atoms with Crippen LogP contribution in [0.1, 0.15) is 28.3 Å². The Morgan fingerprint density at radius 2 is 1.54 bits per heavy atom. The highest BCUT2D eigenvalue weighted by Crippen LogP contribution is 2.26. The lowest BCUT2D eigenvalue weighted by Crippen LogP contribution is -2.22. The smallest absolute Gasteiger partial charge is 0.269 e. The summed E-state index contributed by atoms with van der Waals surface area (Å²) >= 11 is 0. The topological polar surface area (TPSA) is 75.4 Å². The molecule has 0 bridgehead atoms. The number of nitro benzene ring substituents is 1. The summed E-state index contributed by atoms with van der Waals surface area (Å²) in [6, 6.07) is 24.0. The molecule has 26 heavy (non-hydrogen) atoms. The molecule has 3 rings (SSSR count). The van der Waals surface area contributed by atoms with Crippen molar-refractivity contribution in [3.05, 3.63) is 111 Å². The van der Waals surface area contributed by atoms with Crippen LogP contribution in [-0.2, 0) is 13.2 Å². The van der Waals surface area contributed by atoms with Crippen molar-refractivity contribution in [3.8, 4) is 0 Å². The minimum Gasteiger partial charge on any atom is -0.392 e. The Balaban J connectivity index is 1.92. The van der Waals surface area contributed by atoms with Crippen LogP contribution in [0.4, 0.5) is 5.69 Å². The van der Waals surface area contributed by atoms with Gasteiger partial charge in [-0.25, -0.2) is 0 Å². The Bertz CT molecular complexity index is 881. The van der Waals surface area contributed by atoms with Gasteiger partial charge in [0.15, 0.2) is 0 Å². The van der Waals surface area contributed by atoms with Gasteiger partial charge >= 0.3 is 0 Å². The molecule has 3 aromatic rings. The number of aliphatic hydroxyl groups is 1. The maximum absolute atomic E-state index is 11.1. The molecule has 0 aliphatic rings. The lowest BCUT2D eigenvalue weighted by atomic mass is 9.97. The summed E-state index contributed by atoms with van der Waals surface area (Å²) in [5.41, 5.74) is 3.79. The largest absolute Gasteiger partial charge is 0.392 e. The Labute approximate surface area is 152 Å². The van der Waals surface area contributed by atoms with Gasteiger partial charge in [0, 0.05) is 18.7 Å². The van der Waals surface area contributed by atoms with Crippen molar-refractivity contribution in [1.29, 1.82) is 0 Å². The van der Waals surface area contributed by atoms with E-state index in [2.05, 4.69) is 5.32 Å². The van der Waals surface area contributed by atoms with Crippen LogP contribution in [0.5, 0.6) is 0 Å². The van der Waals surface area contributed by atoms with E-state index < -0.39 is 0 Å². The molecular formula is C21H20N2O3. The highest BCUT2D eigenvalue weighted by molar-refractivity contribution is 5.40. The first-order valence-electron chi connectivity index (χ1n) is 8.39. The number of benzene rings is 3. The lowest BCUT2D eigenvalue weighted by molar-refractivity contribution is -0.384. The summed E-state index contributed by atoms with van der Waals surface area (Å²) in [4.78, 5) is 10.8. The van der Waals surface area contributed by atoms with Gasteiger partial charge in [0.05, 0.1) is 17.6 Å². The molecule has 2 N–H and O–H groups in total. The Morgan fingerprint density at radius 3 is 2.23 bits per heavy atom. The van der Waals surface area contributed by atoms with E-state index in [4.69, 9.17) is 0 Å². The van der Waals surface area contributed by atoms with Gasteiger partial charge in [-0.15, -0.1) is 0 Å². The molecule has 0 radical (unpaired) electrons. The highest BCUT2D eigenvalue weighted by atomic mass is 16.6. The van der Waals surface area contributed by atoms with Gasteiger partial charge in [0.1, 0.15) is 0 Å². The van der Waals surface area contributed by atoms with Crippen LogP contribution in [0, 0.1) is 10.1 Å². The zero-order chi connectivity index (χ0) is 18.4. The van der Waals surface area contributed by atoms with Crippen molar-refractivity contribution in [3.63, 3.8) is 0 Å².